The molecule has 0 atom stereocenters. The van der Waals surface area contributed by atoms with E-state index >= 15 is 0 Å². The molecule has 0 aliphatic rings. The number of para-hydroxylation sites is 1. The molecule has 0 unspecified atom stereocenters. The maximum Gasteiger partial charge on any atom is 0.333 e. The van der Waals surface area contributed by atoms with Crippen molar-refractivity contribution in [1.82, 2.24) is 9.55 Å². The van der Waals surface area contributed by atoms with E-state index in [4.69, 9.17) is 4.42 Å². The molecule has 0 spiro atoms. The predicted octanol–water partition coefficient (Wildman–Crippen LogP) is 3.78. The number of nitrogens with zero attached hydrogens (tertiary/aromatic N) is 1. The fourth-order valence-corrected chi connectivity index (χ4v) is 3.65. The average Bonchev–Trinajstić information content (AvgIpc) is 3.40. The zero-order chi connectivity index (χ0) is 24.4. The summed E-state index contributed by atoms with van der Waals surface area (Å²) >= 11 is 0. The number of aromatic amines is 1. The van der Waals surface area contributed by atoms with E-state index in [-0.39, 0.29) is 22.2 Å². The molecule has 0 aliphatic heterocycles. The third-order valence-electron chi connectivity index (χ3n) is 5.30. The second-order valence-electron chi connectivity index (χ2n) is 7.63. The Hall–Kier alpha value is -5.18. The highest BCUT2D eigenvalue weighted by Gasteiger charge is 2.14. The van der Waals surface area contributed by atoms with Gasteiger partial charge >= 0.3 is 5.69 Å². The van der Waals surface area contributed by atoms with Crippen LogP contribution in [0.3, 0.4) is 0 Å². The molecule has 172 valence electrons. The molecule has 9 heteroatoms. The van der Waals surface area contributed by atoms with E-state index in [0.717, 1.165) is 4.57 Å². The Labute approximate surface area is 197 Å². The Morgan fingerprint density at radius 1 is 0.771 bits per heavy atom. The van der Waals surface area contributed by atoms with Gasteiger partial charge in [0.2, 0.25) is 0 Å². The first-order valence-electron chi connectivity index (χ1n) is 10.6. The lowest BCUT2D eigenvalue weighted by Crippen LogP contribution is -2.33. The van der Waals surface area contributed by atoms with Crippen LogP contribution in [0.2, 0.25) is 0 Å². The molecule has 0 fully saturated rings. The number of furan rings is 1. The minimum absolute atomic E-state index is 0.163. The van der Waals surface area contributed by atoms with Crippen molar-refractivity contribution in [2.75, 3.05) is 10.6 Å². The second kappa shape index (κ2) is 8.99. The predicted molar refractivity (Wildman–Crippen MR) is 131 cm³/mol. The first-order valence-corrected chi connectivity index (χ1v) is 10.6. The summed E-state index contributed by atoms with van der Waals surface area (Å²) in [6, 6.07) is 22.8. The Morgan fingerprint density at radius 2 is 1.51 bits per heavy atom. The first kappa shape index (κ1) is 21.7. The number of hydrogen-bond donors (Lipinski definition) is 3. The molecule has 3 N–H and O–H groups in total. The topological polar surface area (TPSA) is 126 Å². The molecular formula is C26H18N4O5. The van der Waals surface area contributed by atoms with Crippen LogP contribution in [0.25, 0.3) is 16.6 Å². The van der Waals surface area contributed by atoms with E-state index in [0.29, 0.717) is 17.1 Å². The van der Waals surface area contributed by atoms with E-state index < -0.39 is 23.1 Å². The largest absolute Gasteiger partial charge is 0.459 e. The molecule has 5 aromatic rings. The quantitative estimate of drug-likeness (QED) is 0.363. The van der Waals surface area contributed by atoms with Gasteiger partial charge in [-0.3, -0.25) is 14.4 Å². The van der Waals surface area contributed by atoms with Crippen LogP contribution in [-0.2, 0) is 0 Å². The first-order chi connectivity index (χ1) is 17.0. The molecule has 2 heterocycles. The second-order valence-corrected chi connectivity index (χ2v) is 7.63. The van der Waals surface area contributed by atoms with Crippen molar-refractivity contribution in [1.29, 1.82) is 0 Å². The Morgan fingerprint density at radius 3 is 2.23 bits per heavy atom. The summed E-state index contributed by atoms with van der Waals surface area (Å²) in [6.07, 6.45) is 1.40. The van der Waals surface area contributed by atoms with Crippen molar-refractivity contribution >= 4 is 34.1 Å². The number of aromatic nitrogens is 2. The van der Waals surface area contributed by atoms with Gasteiger partial charge in [0.05, 0.1) is 22.9 Å². The molecule has 0 saturated carbocycles. The fraction of sp³-hybridized carbons (Fsp3) is 0. The number of carbonyl (C=O) groups is 2. The number of benzene rings is 3. The normalized spacial score (nSPS) is 10.7. The minimum atomic E-state index is -0.605. The number of anilines is 2. The van der Waals surface area contributed by atoms with Crippen LogP contribution < -0.4 is 21.9 Å². The Bertz CT molecular complexity index is 1670. The van der Waals surface area contributed by atoms with Crippen molar-refractivity contribution in [3.63, 3.8) is 0 Å². The number of nitrogens with one attached hydrogen (secondary N) is 3. The third-order valence-corrected chi connectivity index (χ3v) is 5.30. The Balaban J connectivity index is 1.39. The van der Waals surface area contributed by atoms with Crippen LogP contribution >= 0.6 is 0 Å². The highest BCUT2D eigenvalue weighted by molar-refractivity contribution is 6.07. The van der Waals surface area contributed by atoms with Gasteiger partial charge in [0.1, 0.15) is 0 Å². The van der Waals surface area contributed by atoms with Gasteiger partial charge in [-0.1, -0.05) is 24.3 Å². The lowest BCUT2D eigenvalue weighted by molar-refractivity contribution is 0.0995. The maximum atomic E-state index is 12.9. The summed E-state index contributed by atoms with van der Waals surface area (Å²) < 4.78 is 6.12. The fourth-order valence-electron chi connectivity index (χ4n) is 3.65. The maximum absolute atomic E-state index is 12.9. The van der Waals surface area contributed by atoms with Crippen molar-refractivity contribution in [3.8, 4) is 5.69 Å². The van der Waals surface area contributed by atoms with Gasteiger partial charge in [0.15, 0.2) is 5.76 Å². The lowest BCUT2D eigenvalue weighted by atomic mass is 10.1. The molecule has 3 aromatic carbocycles. The molecule has 2 aromatic heterocycles. The van der Waals surface area contributed by atoms with E-state index in [2.05, 4.69) is 15.6 Å². The van der Waals surface area contributed by atoms with E-state index in [1.807, 2.05) is 0 Å². The number of fused-ring (bicyclic) bond motifs is 1. The number of carbonyl (C=O) groups excluding carboxylic acids is 2. The number of rotatable bonds is 5. The smallest absolute Gasteiger partial charge is 0.333 e. The summed E-state index contributed by atoms with van der Waals surface area (Å²) in [6.45, 7) is 0. The summed E-state index contributed by atoms with van der Waals surface area (Å²) in [5.41, 5.74) is 0.762. The lowest BCUT2D eigenvalue weighted by Gasteiger charge is -2.10. The molecule has 0 bridgehead atoms. The van der Waals surface area contributed by atoms with Gasteiger partial charge in [0, 0.05) is 16.9 Å². The van der Waals surface area contributed by atoms with E-state index in [1.165, 1.54) is 24.5 Å². The number of amides is 2. The van der Waals surface area contributed by atoms with Gasteiger partial charge in [-0.2, -0.15) is 0 Å². The minimum Gasteiger partial charge on any atom is -0.459 e. The van der Waals surface area contributed by atoms with Crippen molar-refractivity contribution in [3.05, 3.63) is 123 Å². The molecule has 2 amide bonds. The SMILES string of the molecule is O=C(Nc1cccc(NC(=O)c2ccco2)c1)c1ccc2c(=O)n(-c3ccccc3)c(=O)[nH]c2c1. The van der Waals surface area contributed by atoms with Gasteiger partial charge in [-0.05, 0) is 60.7 Å². The number of hydrogen-bond acceptors (Lipinski definition) is 5. The molecule has 5 rings (SSSR count). The highest BCUT2D eigenvalue weighted by Crippen LogP contribution is 2.18. The van der Waals surface area contributed by atoms with Gasteiger partial charge in [-0.25, -0.2) is 9.36 Å². The number of H-pyrrole nitrogens is 1. The zero-order valence-corrected chi connectivity index (χ0v) is 18.1. The van der Waals surface area contributed by atoms with Crippen LogP contribution in [0.4, 0.5) is 11.4 Å². The van der Waals surface area contributed by atoms with E-state index in [9.17, 15) is 19.2 Å². The van der Waals surface area contributed by atoms with Crippen LogP contribution in [0, 0.1) is 0 Å². The van der Waals surface area contributed by atoms with Crippen molar-refractivity contribution in [2.24, 2.45) is 0 Å². The average molecular weight is 466 g/mol. The summed E-state index contributed by atoms with van der Waals surface area (Å²) in [5, 5.41) is 5.71. The van der Waals surface area contributed by atoms with Gasteiger partial charge in [0.25, 0.3) is 17.4 Å². The van der Waals surface area contributed by atoms with Gasteiger partial charge in [-0.15, -0.1) is 0 Å². The molecule has 35 heavy (non-hydrogen) atoms. The summed E-state index contributed by atoms with van der Waals surface area (Å²) in [5.74, 6) is -0.705. The molecule has 0 aliphatic carbocycles. The molecular weight excluding hydrogens is 448 g/mol. The van der Waals surface area contributed by atoms with Crippen molar-refractivity contribution in [2.45, 2.75) is 0 Å². The van der Waals surface area contributed by atoms with Gasteiger partial charge < -0.3 is 20.0 Å². The monoisotopic (exact) mass is 466 g/mol. The van der Waals surface area contributed by atoms with Crippen molar-refractivity contribution < 1.29 is 14.0 Å². The Kier molecular flexibility index (Phi) is 5.56. The van der Waals surface area contributed by atoms with E-state index in [1.54, 1.807) is 66.7 Å². The highest BCUT2D eigenvalue weighted by atomic mass is 16.3. The summed E-state index contributed by atoms with van der Waals surface area (Å²) in [4.78, 5) is 53.2. The van der Waals surface area contributed by atoms with Crippen LogP contribution in [0.15, 0.2) is 105 Å². The van der Waals surface area contributed by atoms with Crippen LogP contribution in [0.5, 0.6) is 0 Å². The van der Waals surface area contributed by atoms with Crippen LogP contribution in [-0.4, -0.2) is 21.4 Å². The molecule has 0 radical (unpaired) electrons. The zero-order valence-electron chi connectivity index (χ0n) is 18.1. The molecule has 0 saturated heterocycles. The summed E-state index contributed by atoms with van der Waals surface area (Å²) in [7, 11) is 0. The third kappa shape index (κ3) is 4.38. The van der Waals surface area contributed by atoms with Crippen LogP contribution in [0.1, 0.15) is 20.9 Å². The molecule has 9 nitrogen and oxygen atoms in total. The standard InChI is InChI=1S/C26H18N4O5/c31-23(27-17-6-4-7-18(15-17)28-24(32)22-10-5-13-35-22)16-11-12-20-21(14-16)29-26(34)30(25(20)33)19-8-2-1-3-9-19/h1-15H,(H,27,31)(H,28,32)(H,29,34).